The van der Waals surface area contributed by atoms with Crippen molar-refractivity contribution >= 4 is 23.3 Å². The van der Waals surface area contributed by atoms with Crippen LogP contribution in [0.15, 0.2) is 24.3 Å². The van der Waals surface area contributed by atoms with Gasteiger partial charge < -0.3 is 10.0 Å². The molecule has 1 aliphatic carbocycles. The molecule has 3 atom stereocenters. The first-order chi connectivity index (χ1) is 10.6. The Morgan fingerprint density at radius 3 is 2.45 bits per heavy atom. The number of rotatable bonds is 3. The van der Waals surface area contributed by atoms with Crippen molar-refractivity contribution in [1.82, 2.24) is 4.90 Å². The second-order valence-electron chi connectivity index (χ2n) is 6.84. The van der Waals surface area contributed by atoms with Crippen LogP contribution in [-0.2, 0) is 4.79 Å². The van der Waals surface area contributed by atoms with Crippen molar-refractivity contribution in [1.29, 1.82) is 0 Å². The molecule has 1 saturated carbocycles. The number of hydrogen-bond donors (Lipinski definition) is 1. The van der Waals surface area contributed by atoms with Crippen LogP contribution in [0.3, 0.4) is 0 Å². The van der Waals surface area contributed by atoms with Crippen molar-refractivity contribution in [2.75, 3.05) is 31.1 Å². The lowest BCUT2D eigenvalue weighted by Gasteiger charge is -2.38. The Hall–Kier alpha value is -1.26. The van der Waals surface area contributed by atoms with Crippen LogP contribution in [0.4, 0.5) is 5.69 Å². The maximum Gasteiger partial charge on any atom is 0.307 e. The summed E-state index contributed by atoms with van der Waals surface area (Å²) in [4.78, 5) is 16.0. The number of likely N-dealkylation sites (tertiary alicyclic amines) is 1. The van der Waals surface area contributed by atoms with Crippen LogP contribution in [0.2, 0.25) is 5.02 Å². The van der Waals surface area contributed by atoms with Crippen molar-refractivity contribution < 1.29 is 9.90 Å². The zero-order valence-electron chi connectivity index (χ0n) is 12.5. The van der Waals surface area contributed by atoms with E-state index in [9.17, 15) is 4.79 Å². The Labute approximate surface area is 135 Å². The highest BCUT2D eigenvalue weighted by Crippen LogP contribution is 2.52. The first kappa shape index (κ1) is 14.3. The van der Waals surface area contributed by atoms with Gasteiger partial charge in [-0.15, -0.1) is 0 Å². The standard InChI is InChI=1S/C17H21ClN2O2/c18-11-2-1-3-13(8-11)19-6-4-12(5-7-19)20-9-14-15(10-20)16(14)17(21)22/h1-3,8,12,14-16H,4-7,9-10H2,(H,21,22)/t14-,15+,16?. The Kier molecular flexibility index (Phi) is 3.54. The lowest BCUT2D eigenvalue weighted by atomic mass is 10.0. The third kappa shape index (κ3) is 2.48. The largest absolute Gasteiger partial charge is 0.481 e. The van der Waals surface area contributed by atoms with Gasteiger partial charge in [0.1, 0.15) is 0 Å². The third-order valence-corrected chi connectivity index (χ3v) is 5.90. The normalized spacial score (nSPS) is 32.0. The molecule has 0 spiro atoms. The average molecular weight is 321 g/mol. The van der Waals surface area contributed by atoms with Gasteiger partial charge in [0.15, 0.2) is 0 Å². The number of nitrogens with zero attached hydrogens (tertiary/aromatic N) is 2. The zero-order valence-corrected chi connectivity index (χ0v) is 13.2. The highest BCUT2D eigenvalue weighted by molar-refractivity contribution is 6.30. The van der Waals surface area contributed by atoms with Gasteiger partial charge in [-0.25, -0.2) is 0 Å². The van der Waals surface area contributed by atoms with Gasteiger partial charge >= 0.3 is 5.97 Å². The number of fused-ring (bicyclic) bond motifs is 1. The lowest BCUT2D eigenvalue weighted by molar-refractivity contribution is -0.139. The van der Waals surface area contributed by atoms with Crippen LogP contribution < -0.4 is 4.90 Å². The summed E-state index contributed by atoms with van der Waals surface area (Å²) in [5.41, 5.74) is 1.21. The molecule has 1 unspecified atom stereocenters. The second-order valence-corrected chi connectivity index (χ2v) is 7.28. The zero-order chi connectivity index (χ0) is 15.3. The van der Waals surface area contributed by atoms with Crippen molar-refractivity contribution in [3.8, 4) is 0 Å². The number of aliphatic carboxylic acids is 1. The number of halogens is 1. The molecule has 118 valence electrons. The molecule has 0 amide bonds. The molecule has 4 rings (SSSR count). The van der Waals surface area contributed by atoms with E-state index in [1.54, 1.807) is 0 Å². The molecule has 2 heterocycles. The second kappa shape index (κ2) is 5.43. The minimum Gasteiger partial charge on any atom is -0.481 e. The van der Waals surface area contributed by atoms with Crippen molar-refractivity contribution in [2.45, 2.75) is 18.9 Å². The summed E-state index contributed by atoms with van der Waals surface area (Å²) in [6.45, 7) is 4.09. The van der Waals surface area contributed by atoms with Crippen molar-refractivity contribution in [3.63, 3.8) is 0 Å². The van der Waals surface area contributed by atoms with Crippen LogP contribution in [0.5, 0.6) is 0 Å². The molecule has 5 heteroatoms. The van der Waals surface area contributed by atoms with Gasteiger partial charge in [0, 0.05) is 42.9 Å². The summed E-state index contributed by atoms with van der Waals surface area (Å²) in [5, 5.41) is 9.89. The minimum atomic E-state index is -0.592. The molecule has 1 N–H and O–H groups in total. The molecule has 1 aromatic carbocycles. The molecule has 0 radical (unpaired) electrons. The van der Waals surface area contributed by atoms with Gasteiger partial charge in [0.25, 0.3) is 0 Å². The third-order valence-electron chi connectivity index (χ3n) is 5.66. The number of carbonyl (C=O) groups is 1. The van der Waals surface area contributed by atoms with E-state index in [0.717, 1.165) is 44.0 Å². The van der Waals surface area contributed by atoms with Gasteiger partial charge in [-0.2, -0.15) is 0 Å². The van der Waals surface area contributed by atoms with E-state index in [1.165, 1.54) is 5.69 Å². The van der Waals surface area contributed by atoms with E-state index < -0.39 is 5.97 Å². The van der Waals surface area contributed by atoms with Crippen LogP contribution in [0.1, 0.15) is 12.8 Å². The fourth-order valence-electron chi connectivity index (χ4n) is 4.39. The fourth-order valence-corrected chi connectivity index (χ4v) is 4.57. The van der Waals surface area contributed by atoms with Gasteiger partial charge in [-0.05, 0) is 42.9 Å². The minimum absolute atomic E-state index is 0.0530. The van der Waals surface area contributed by atoms with Crippen molar-refractivity contribution in [2.24, 2.45) is 17.8 Å². The van der Waals surface area contributed by atoms with Gasteiger partial charge in [-0.3, -0.25) is 9.69 Å². The van der Waals surface area contributed by atoms with Crippen LogP contribution in [0.25, 0.3) is 0 Å². The molecule has 2 aliphatic heterocycles. The van der Waals surface area contributed by atoms with E-state index in [1.807, 2.05) is 18.2 Å². The maximum atomic E-state index is 11.0. The quantitative estimate of drug-likeness (QED) is 0.929. The summed E-state index contributed by atoms with van der Waals surface area (Å²) in [6, 6.07) is 8.69. The van der Waals surface area contributed by atoms with Crippen LogP contribution in [-0.4, -0.2) is 48.2 Å². The number of benzene rings is 1. The first-order valence-electron chi connectivity index (χ1n) is 8.11. The Balaban J connectivity index is 1.31. The molecule has 3 aliphatic rings. The van der Waals surface area contributed by atoms with Crippen LogP contribution in [0, 0.1) is 17.8 Å². The number of hydrogen-bond acceptors (Lipinski definition) is 3. The summed E-state index contributed by atoms with van der Waals surface area (Å²) in [5.74, 6) is 0.195. The topological polar surface area (TPSA) is 43.8 Å². The molecule has 0 bridgehead atoms. The molecule has 4 nitrogen and oxygen atoms in total. The summed E-state index contributed by atoms with van der Waals surface area (Å²) in [7, 11) is 0. The maximum absolute atomic E-state index is 11.0. The van der Waals surface area contributed by atoms with E-state index in [0.29, 0.717) is 17.9 Å². The average Bonchev–Trinajstić information content (AvgIpc) is 3.03. The molecule has 22 heavy (non-hydrogen) atoms. The Morgan fingerprint density at radius 2 is 1.86 bits per heavy atom. The monoisotopic (exact) mass is 320 g/mol. The van der Waals surface area contributed by atoms with Crippen molar-refractivity contribution in [3.05, 3.63) is 29.3 Å². The predicted octanol–water partition coefficient (Wildman–Crippen LogP) is 2.57. The van der Waals surface area contributed by atoms with Gasteiger partial charge in [-0.1, -0.05) is 17.7 Å². The number of piperidine rings is 2. The highest BCUT2D eigenvalue weighted by Gasteiger charge is 2.60. The summed E-state index contributed by atoms with van der Waals surface area (Å²) in [6.07, 6.45) is 2.31. The molecular formula is C17H21ClN2O2. The predicted molar refractivity (Wildman–Crippen MR) is 86.4 cm³/mol. The summed E-state index contributed by atoms with van der Waals surface area (Å²) < 4.78 is 0. The van der Waals surface area contributed by atoms with Gasteiger partial charge in [0.2, 0.25) is 0 Å². The molecule has 2 saturated heterocycles. The van der Waals surface area contributed by atoms with Gasteiger partial charge in [0.05, 0.1) is 5.92 Å². The number of anilines is 1. The first-order valence-corrected chi connectivity index (χ1v) is 8.48. The van der Waals surface area contributed by atoms with E-state index >= 15 is 0 Å². The van der Waals surface area contributed by atoms with Crippen LogP contribution >= 0.6 is 11.6 Å². The SMILES string of the molecule is O=C(O)C1[C@H]2CN(C3CCN(c4cccc(Cl)c4)CC3)C[C@@H]12. The Bertz CT molecular complexity index is 574. The molecule has 3 fully saturated rings. The molecule has 1 aromatic rings. The van der Waals surface area contributed by atoms with E-state index in [2.05, 4.69) is 15.9 Å². The Morgan fingerprint density at radius 1 is 1.18 bits per heavy atom. The number of carboxylic acids is 1. The smallest absolute Gasteiger partial charge is 0.307 e. The fraction of sp³-hybridized carbons (Fsp3) is 0.588. The molecular weight excluding hydrogens is 300 g/mol. The summed E-state index contributed by atoms with van der Waals surface area (Å²) >= 11 is 6.07. The van der Waals surface area contributed by atoms with E-state index in [-0.39, 0.29) is 5.92 Å². The van der Waals surface area contributed by atoms with E-state index in [4.69, 9.17) is 16.7 Å². The lowest BCUT2D eigenvalue weighted by Crippen LogP contribution is -2.45. The molecule has 0 aromatic heterocycles. The highest BCUT2D eigenvalue weighted by atomic mass is 35.5. The number of carboxylic acid groups (broad SMARTS) is 1.